The monoisotopic (exact) mass is 488 g/mol. The molecule has 0 aliphatic heterocycles. The van der Waals surface area contributed by atoms with Gasteiger partial charge in [0, 0.05) is 0 Å². The average molecular weight is 492 g/mol. The molecular weight excluding hydrogens is 483 g/mol. The molecule has 0 N–H and O–H groups in total. The van der Waals surface area contributed by atoms with Crippen LogP contribution in [0.1, 0.15) is 0 Å². The second-order valence-electron chi connectivity index (χ2n) is 4.26. The third-order valence-electron chi connectivity index (χ3n) is 1.25. The van der Waals surface area contributed by atoms with E-state index in [0.29, 0.717) is 0 Å². The van der Waals surface area contributed by atoms with Crippen LogP contribution in [-0.4, -0.2) is 37.8 Å². The molecule has 0 unspecified atom stereocenters. The van der Waals surface area contributed by atoms with Gasteiger partial charge in [0.05, 0.1) is 0 Å². The summed E-state index contributed by atoms with van der Waals surface area (Å²) in [4.78, 5) is 27.2. The molecule has 0 aliphatic rings. The molecule has 0 amide bonds. The third-order valence-corrected chi connectivity index (χ3v) is 6.68. The number of carbonyl (C=O) groups excluding carboxylic acids is 2. The Morgan fingerprint density at radius 2 is 1.00 bits per heavy atom. The maximum absolute atomic E-state index is 11.5. The topological polar surface area (TPSA) is 52.6 Å². The second kappa shape index (κ2) is 5.71. The average Bonchev–Trinajstić information content (AvgIpc) is 1.96. The van der Waals surface area contributed by atoms with Gasteiger partial charge in [0.15, 0.2) is 0 Å². The fourth-order valence-electron chi connectivity index (χ4n) is 0.687. The molecule has 0 spiro atoms. The molecule has 0 saturated carbocycles. The van der Waals surface area contributed by atoms with E-state index in [1.165, 1.54) is 14.6 Å². The number of hydrogen-bond acceptors (Lipinski definition) is 4. The third kappa shape index (κ3) is 7.33. The van der Waals surface area contributed by atoms with Crippen LogP contribution in [0.5, 0.6) is 0 Å². The van der Waals surface area contributed by atoms with E-state index in [1.54, 1.807) is 0 Å². The van der Waals surface area contributed by atoms with Gasteiger partial charge in [-0.2, -0.15) is 0 Å². The molecule has 0 bridgehead atoms. The number of alkyl halides is 6. The first-order chi connectivity index (χ1) is 7.52. The van der Waals surface area contributed by atoms with Crippen molar-refractivity contribution in [1.29, 1.82) is 0 Å². The van der Waals surface area contributed by atoms with Gasteiger partial charge in [0.2, 0.25) is 0 Å². The van der Waals surface area contributed by atoms with Crippen LogP contribution in [0, 0.1) is 0 Å². The summed E-state index contributed by atoms with van der Waals surface area (Å²) in [6.45, 7) is 0. The van der Waals surface area contributed by atoms with Gasteiger partial charge in [0.25, 0.3) is 0 Å². The van der Waals surface area contributed by atoms with Crippen LogP contribution in [0.3, 0.4) is 0 Å². The van der Waals surface area contributed by atoms with E-state index in [2.05, 4.69) is 0 Å². The predicted molar refractivity (Wildman–Crippen MR) is 76.1 cm³/mol. The Hall–Kier alpha value is 1.50. The van der Waals surface area contributed by atoms with E-state index < -0.39 is 37.8 Å². The SMILES string of the molecule is [CH3][Sb]([CH3])([CH3])([O]C(=O)C(Cl)(Cl)Cl)[O]C(=O)C(Cl)(Cl)Cl. The van der Waals surface area contributed by atoms with Crippen LogP contribution in [0.2, 0.25) is 14.6 Å². The van der Waals surface area contributed by atoms with Gasteiger partial charge in [0.1, 0.15) is 0 Å². The Morgan fingerprint density at radius 1 is 0.778 bits per heavy atom. The molecular formula is C7H9Cl6O4Sb. The summed E-state index contributed by atoms with van der Waals surface area (Å²) in [5.41, 5.74) is 0. The molecule has 11 heteroatoms. The summed E-state index contributed by atoms with van der Waals surface area (Å²) >= 11 is 27.5. The first-order valence-electron chi connectivity index (χ1n) is 4.16. The minimum atomic E-state index is -4.57. The second-order valence-corrected chi connectivity index (χ2v) is 24.2. The van der Waals surface area contributed by atoms with Crippen molar-refractivity contribution < 1.29 is 15.6 Å². The molecule has 108 valence electrons. The standard InChI is InChI=1S/2C2HCl3O2.3CH3.Sb/c2*3-2(4,5)1(6)7;;;;/h2*(H,6,7);3*1H3;/q;;;;;+2/p-2. The van der Waals surface area contributed by atoms with E-state index >= 15 is 0 Å². The fourth-order valence-corrected chi connectivity index (χ4v) is 6.00. The van der Waals surface area contributed by atoms with Crippen LogP contribution >= 0.6 is 69.6 Å². The van der Waals surface area contributed by atoms with Gasteiger partial charge < -0.3 is 0 Å². The van der Waals surface area contributed by atoms with Crippen molar-refractivity contribution in [2.75, 3.05) is 0 Å². The molecule has 18 heavy (non-hydrogen) atoms. The molecule has 0 aromatic rings. The number of rotatable bonds is 2. The minimum absolute atomic E-state index is 1.15. The van der Waals surface area contributed by atoms with E-state index in [4.69, 9.17) is 75.6 Å². The predicted octanol–water partition coefficient (Wildman–Crippen LogP) is 4.10. The number of halogens is 6. The van der Waals surface area contributed by atoms with Crippen molar-refractivity contribution in [3.8, 4) is 0 Å². The van der Waals surface area contributed by atoms with Gasteiger partial charge in [-0.15, -0.1) is 0 Å². The van der Waals surface area contributed by atoms with Gasteiger partial charge in [-0.1, -0.05) is 0 Å². The molecule has 0 fully saturated rings. The van der Waals surface area contributed by atoms with Crippen molar-refractivity contribution in [2.45, 2.75) is 22.2 Å². The molecule has 0 aliphatic carbocycles. The van der Waals surface area contributed by atoms with E-state index in [1.807, 2.05) is 0 Å². The summed E-state index contributed by atoms with van der Waals surface area (Å²) in [5, 5.41) is 0. The van der Waals surface area contributed by atoms with Gasteiger partial charge in [-0.3, -0.25) is 0 Å². The summed E-state index contributed by atoms with van der Waals surface area (Å²) in [7, 11) is 0. The zero-order valence-electron chi connectivity index (χ0n) is 9.35. The van der Waals surface area contributed by atoms with Crippen LogP contribution in [-0.2, 0) is 15.6 Å². The molecule has 0 rings (SSSR count). The number of hydrogen-bond donors (Lipinski definition) is 0. The Bertz CT molecular complexity index is 331. The number of carbonyl (C=O) groups is 2. The normalized spacial score (nSPS) is 15.5. The molecule has 0 saturated heterocycles. The zero-order valence-corrected chi connectivity index (χ0v) is 16.4. The van der Waals surface area contributed by atoms with E-state index in [9.17, 15) is 9.59 Å². The Balaban J connectivity index is 4.99. The quantitative estimate of drug-likeness (QED) is 0.431. The van der Waals surface area contributed by atoms with Gasteiger partial charge in [-0.25, -0.2) is 0 Å². The Labute approximate surface area is 136 Å². The maximum atomic E-state index is 11.5. The van der Waals surface area contributed by atoms with Gasteiger partial charge >= 0.3 is 138 Å². The zero-order chi connectivity index (χ0) is 15.0. The molecule has 0 atom stereocenters. The van der Waals surface area contributed by atoms with Crippen LogP contribution in [0.15, 0.2) is 0 Å². The van der Waals surface area contributed by atoms with E-state index in [0.717, 1.165) is 0 Å². The summed E-state index contributed by atoms with van der Waals surface area (Å²) in [5.74, 6) is -2.31. The molecule has 4 nitrogen and oxygen atoms in total. The van der Waals surface area contributed by atoms with Crippen LogP contribution in [0.4, 0.5) is 0 Å². The molecule has 0 heterocycles. The summed E-state index contributed by atoms with van der Waals surface area (Å²) in [6, 6.07) is 0. The summed E-state index contributed by atoms with van der Waals surface area (Å²) in [6.07, 6.45) is 0. The van der Waals surface area contributed by atoms with Crippen molar-refractivity contribution in [2.24, 2.45) is 0 Å². The molecule has 0 radical (unpaired) electrons. The Morgan fingerprint density at radius 3 is 1.17 bits per heavy atom. The molecule has 0 aromatic carbocycles. The first kappa shape index (κ1) is 19.5. The first-order valence-corrected chi connectivity index (χ1v) is 16.2. The van der Waals surface area contributed by atoms with Crippen LogP contribution < -0.4 is 0 Å². The molecule has 0 aromatic heterocycles. The Kier molecular flexibility index (Phi) is 6.18. The van der Waals surface area contributed by atoms with Crippen molar-refractivity contribution in [1.82, 2.24) is 0 Å². The fraction of sp³-hybridized carbons (Fsp3) is 0.714. The van der Waals surface area contributed by atoms with E-state index in [-0.39, 0.29) is 0 Å². The van der Waals surface area contributed by atoms with Gasteiger partial charge in [-0.05, 0) is 0 Å². The van der Waals surface area contributed by atoms with Crippen molar-refractivity contribution in [3.63, 3.8) is 0 Å². The van der Waals surface area contributed by atoms with Crippen LogP contribution in [0.25, 0.3) is 0 Å². The van der Waals surface area contributed by atoms with Crippen molar-refractivity contribution in [3.05, 3.63) is 0 Å². The summed E-state index contributed by atoms with van der Waals surface area (Å²) < 4.78 is 5.45. The van der Waals surface area contributed by atoms with Crippen molar-refractivity contribution >= 4 is 99.8 Å².